The van der Waals surface area contributed by atoms with Crippen molar-refractivity contribution in [1.82, 2.24) is 10.2 Å². The predicted octanol–water partition coefficient (Wildman–Crippen LogP) is 2.56. The molecule has 7 nitrogen and oxygen atoms in total. The van der Waals surface area contributed by atoms with E-state index in [1.165, 1.54) is 6.07 Å². The Morgan fingerprint density at radius 2 is 1.94 bits per heavy atom. The van der Waals surface area contributed by atoms with Crippen LogP contribution in [0.15, 0.2) is 18.2 Å². The molecule has 1 saturated carbocycles. The smallest absolute Gasteiger partial charge is 0.309 e. The minimum absolute atomic E-state index is 0.0300. The highest BCUT2D eigenvalue weighted by Gasteiger charge is 2.44. The largest absolute Gasteiger partial charge is 0.460 e. The molecule has 8 heteroatoms. The number of nitrogens with one attached hydrogen (secondary N) is 2. The number of likely N-dealkylation sites (tertiary alicyclic amines) is 1. The van der Waals surface area contributed by atoms with Crippen molar-refractivity contribution in [1.29, 1.82) is 0 Å². The maximum absolute atomic E-state index is 14.7. The Bertz CT molecular complexity index is 885. The maximum atomic E-state index is 14.7. The molecular weight excluding hydrogens is 401 g/mol. The van der Waals surface area contributed by atoms with Crippen molar-refractivity contribution in [3.8, 4) is 0 Å². The summed E-state index contributed by atoms with van der Waals surface area (Å²) in [5.74, 6) is -0.959. The predicted molar refractivity (Wildman–Crippen MR) is 113 cm³/mol. The number of rotatable bonds is 5. The number of hydrogen-bond donors (Lipinski definition) is 2. The zero-order valence-corrected chi connectivity index (χ0v) is 18.2. The highest BCUT2D eigenvalue weighted by Crippen LogP contribution is 2.40. The van der Waals surface area contributed by atoms with Crippen LogP contribution in [-0.2, 0) is 19.1 Å². The van der Waals surface area contributed by atoms with Gasteiger partial charge in [-0.1, -0.05) is 6.07 Å². The van der Waals surface area contributed by atoms with E-state index >= 15 is 0 Å². The number of carbonyl (C=O) groups is 3. The number of piperidine rings is 1. The van der Waals surface area contributed by atoms with Crippen molar-refractivity contribution in [3.05, 3.63) is 29.6 Å². The average Bonchev–Trinajstić information content (AvgIpc) is 2.57. The molecule has 168 valence electrons. The van der Waals surface area contributed by atoms with Crippen LogP contribution >= 0.6 is 0 Å². The van der Waals surface area contributed by atoms with E-state index in [9.17, 15) is 18.8 Å². The molecule has 1 aliphatic carbocycles. The Labute approximate surface area is 181 Å². The van der Waals surface area contributed by atoms with Gasteiger partial charge in [0.25, 0.3) is 0 Å². The standard InChI is InChI=1S/C23H30FN3O4/c1-23(2,3)31-22(30)13-8-16(9-13)27-11-14(12-27)17-5-4-15(10-18(17)24)25-19-6-7-20(28)26-21(19)29/h4-5,10,13-14,16,19,25H,6-9,11-12H2,1-3H3,(H,26,28,29)/t13?,16?,19-/m0/s1. The number of halogens is 1. The second-order valence-corrected chi connectivity index (χ2v) is 9.89. The molecule has 31 heavy (non-hydrogen) atoms. The second-order valence-electron chi connectivity index (χ2n) is 9.89. The van der Waals surface area contributed by atoms with Crippen LogP contribution in [0.4, 0.5) is 10.1 Å². The van der Waals surface area contributed by atoms with Gasteiger partial charge in [0.15, 0.2) is 0 Å². The van der Waals surface area contributed by atoms with Gasteiger partial charge in [-0.25, -0.2) is 4.39 Å². The number of esters is 1. The monoisotopic (exact) mass is 431 g/mol. The number of hydrogen-bond acceptors (Lipinski definition) is 6. The fourth-order valence-electron chi connectivity index (χ4n) is 4.45. The van der Waals surface area contributed by atoms with E-state index in [0.29, 0.717) is 23.7 Å². The van der Waals surface area contributed by atoms with Crippen molar-refractivity contribution in [2.75, 3.05) is 18.4 Å². The van der Waals surface area contributed by atoms with E-state index in [-0.39, 0.29) is 41.9 Å². The third-order valence-corrected chi connectivity index (χ3v) is 6.30. The quantitative estimate of drug-likeness (QED) is 0.550. The molecule has 2 heterocycles. The molecule has 2 amide bonds. The van der Waals surface area contributed by atoms with Crippen LogP contribution in [0.1, 0.15) is 57.9 Å². The fraction of sp³-hybridized carbons (Fsp3) is 0.609. The molecule has 0 unspecified atom stereocenters. The Balaban J connectivity index is 1.25. The van der Waals surface area contributed by atoms with Crippen molar-refractivity contribution in [3.63, 3.8) is 0 Å². The van der Waals surface area contributed by atoms with Gasteiger partial charge in [0.2, 0.25) is 11.8 Å². The van der Waals surface area contributed by atoms with Crippen LogP contribution in [0, 0.1) is 11.7 Å². The Hall–Kier alpha value is -2.48. The van der Waals surface area contributed by atoms with Gasteiger partial charge in [-0.2, -0.15) is 0 Å². The molecule has 3 aliphatic rings. The van der Waals surface area contributed by atoms with Crippen molar-refractivity contribution >= 4 is 23.5 Å². The highest BCUT2D eigenvalue weighted by molar-refractivity contribution is 6.01. The van der Waals surface area contributed by atoms with E-state index in [1.807, 2.05) is 20.8 Å². The summed E-state index contributed by atoms with van der Waals surface area (Å²) in [4.78, 5) is 37.5. The van der Waals surface area contributed by atoms with Gasteiger partial charge in [-0.3, -0.25) is 24.6 Å². The van der Waals surface area contributed by atoms with Gasteiger partial charge in [0.1, 0.15) is 17.5 Å². The van der Waals surface area contributed by atoms with Crippen LogP contribution in [0.3, 0.4) is 0 Å². The number of imide groups is 1. The highest BCUT2D eigenvalue weighted by atomic mass is 19.1. The van der Waals surface area contributed by atoms with E-state index in [0.717, 1.165) is 25.9 Å². The Kier molecular flexibility index (Phi) is 5.77. The van der Waals surface area contributed by atoms with Gasteiger partial charge < -0.3 is 10.1 Å². The minimum Gasteiger partial charge on any atom is -0.460 e. The molecule has 1 aromatic carbocycles. The number of benzene rings is 1. The van der Waals surface area contributed by atoms with Gasteiger partial charge in [-0.15, -0.1) is 0 Å². The molecule has 0 bridgehead atoms. The van der Waals surface area contributed by atoms with Gasteiger partial charge >= 0.3 is 5.97 Å². The second kappa shape index (κ2) is 8.22. The first-order valence-corrected chi connectivity index (χ1v) is 11.0. The van der Waals surface area contributed by atoms with E-state index in [2.05, 4.69) is 15.5 Å². The lowest BCUT2D eigenvalue weighted by Gasteiger charge is -2.50. The lowest BCUT2D eigenvalue weighted by molar-refractivity contribution is -0.166. The zero-order chi connectivity index (χ0) is 22.3. The summed E-state index contributed by atoms with van der Waals surface area (Å²) in [5.41, 5.74) is 0.750. The lowest BCUT2D eigenvalue weighted by atomic mass is 9.76. The Morgan fingerprint density at radius 3 is 2.55 bits per heavy atom. The van der Waals surface area contributed by atoms with Gasteiger partial charge in [0.05, 0.1) is 5.92 Å². The van der Waals surface area contributed by atoms with Gasteiger partial charge in [0, 0.05) is 37.2 Å². The summed E-state index contributed by atoms with van der Waals surface area (Å²) in [6.45, 7) is 7.19. The minimum atomic E-state index is -0.529. The van der Waals surface area contributed by atoms with E-state index in [4.69, 9.17) is 4.74 Å². The summed E-state index contributed by atoms with van der Waals surface area (Å²) in [7, 11) is 0. The van der Waals surface area contributed by atoms with Crippen LogP contribution in [0.2, 0.25) is 0 Å². The van der Waals surface area contributed by atoms with Crippen molar-refractivity contribution < 1.29 is 23.5 Å². The summed E-state index contributed by atoms with van der Waals surface area (Å²) in [6.07, 6.45) is 2.28. The number of amides is 2. The number of anilines is 1. The number of nitrogens with zero attached hydrogens (tertiary/aromatic N) is 1. The normalized spacial score (nSPS) is 27.2. The maximum Gasteiger partial charge on any atom is 0.309 e. The molecule has 1 atom stereocenters. The van der Waals surface area contributed by atoms with Crippen LogP contribution in [0.25, 0.3) is 0 Å². The van der Waals surface area contributed by atoms with Crippen molar-refractivity contribution in [2.24, 2.45) is 5.92 Å². The van der Waals surface area contributed by atoms with Crippen molar-refractivity contribution in [2.45, 2.75) is 70.1 Å². The molecule has 0 radical (unpaired) electrons. The van der Waals surface area contributed by atoms with E-state index < -0.39 is 11.6 Å². The summed E-state index contributed by atoms with van der Waals surface area (Å²) < 4.78 is 20.2. The van der Waals surface area contributed by atoms with Gasteiger partial charge in [-0.05, 0) is 57.7 Å². The molecule has 2 aliphatic heterocycles. The molecule has 3 fully saturated rings. The topological polar surface area (TPSA) is 87.7 Å². The van der Waals surface area contributed by atoms with Crippen LogP contribution < -0.4 is 10.6 Å². The van der Waals surface area contributed by atoms with Crippen LogP contribution in [-0.4, -0.2) is 53.5 Å². The SMILES string of the molecule is CC(C)(C)OC(=O)C1CC(N2CC(c3ccc(N[C@H]4CCC(=O)NC4=O)cc3F)C2)C1. The first-order chi connectivity index (χ1) is 14.6. The lowest BCUT2D eigenvalue weighted by Crippen LogP contribution is -2.56. The molecular formula is C23H30FN3O4. The zero-order valence-electron chi connectivity index (χ0n) is 18.2. The average molecular weight is 432 g/mol. The van der Waals surface area contributed by atoms with Crippen LogP contribution in [0.5, 0.6) is 0 Å². The molecule has 0 spiro atoms. The fourth-order valence-corrected chi connectivity index (χ4v) is 4.45. The summed E-state index contributed by atoms with van der Waals surface area (Å²) in [6, 6.07) is 4.82. The number of carbonyl (C=O) groups excluding carboxylic acids is 3. The van der Waals surface area contributed by atoms with E-state index in [1.54, 1.807) is 12.1 Å². The first kappa shape index (κ1) is 21.7. The molecule has 0 aromatic heterocycles. The molecule has 2 saturated heterocycles. The molecule has 2 N–H and O–H groups in total. The summed E-state index contributed by atoms with van der Waals surface area (Å²) in [5, 5.41) is 5.30. The summed E-state index contributed by atoms with van der Waals surface area (Å²) >= 11 is 0. The molecule has 4 rings (SSSR count). The Morgan fingerprint density at radius 1 is 1.23 bits per heavy atom. The molecule has 1 aromatic rings. The first-order valence-electron chi connectivity index (χ1n) is 11.0. The third kappa shape index (κ3) is 4.89. The number of ether oxygens (including phenoxy) is 1. The third-order valence-electron chi connectivity index (χ3n) is 6.30.